The summed E-state index contributed by atoms with van der Waals surface area (Å²) in [4.78, 5) is 10.4. The van der Waals surface area contributed by atoms with Crippen LogP contribution in [0.2, 0.25) is 0 Å². The smallest absolute Gasteiger partial charge is 0.297 e. The van der Waals surface area contributed by atoms with E-state index in [0.29, 0.717) is 0 Å². The molecule has 0 aromatic rings. The van der Waals surface area contributed by atoms with Crippen molar-refractivity contribution in [2.24, 2.45) is 5.73 Å². The van der Waals surface area contributed by atoms with Crippen LogP contribution in [-0.4, -0.2) is 31.2 Å². The van der Waals surface area contributed by atoms with E-state index in [1.165, 1.54) is 6.92 Å². The van der Waals surface area contributed by atoms with Gasteiger partial charge in [-0.05, 0) is 6.92 Å². The summed E-state index contributed by atoms with van der Waals surface area (Å²) in [6, 6.07) is -1.90. The molecule has 0 saturated heterocycles. The van der Waals surface area contributed by atoms with Gasteiger partial charge in [0.05, 0.1) is 0 Å². The number of hydrogen-bond donors (Lipinski definition) is 1. The van der Waals surface area contributed by atoms with Crippen LogP contribution in [0.3, 0.4) is 0 Å². The molecule has 0 fully saturated rings. The lowest BCUT2D eigenvalue weighted by Gasteiger charge is -2.14. The maximum absolute atomic E-state index is 12.5. The molecule has 0 aliphatic heterocycles. The van der Waals surface area contributed by atoms with Gasteiger partial charge in [0.2, 0.25) is 12.1 Å². The fourth-order valence-electron chi connectivity index (χ4n) is 0.538. The number of rotatable bonds is 5. The van der Waals surface area contributed by atoms with Crippen molar-refractivity contribution in [3.63, 3.8) is 0 Å². The van der Waals surface area contributed by atoms with Crippen LogP contribution in [0.25, 0.3) is 0 Å². The van der Waals surface area contributed by atoms with Crippen LogP contribution in [0.5, 0.6) is 0 Å². The van der Waals surface area contributed by atoms with Crippen LogP contribution in [0, 0.1) is 0 Å². The van der Waals surface area contributed by atoms with Gasteiger partial charge in [0.15, 0.2) is 0 Å². The molecule has 0 saturated carbocycles. The lowest BCUT2D eigenvalue weighted by atomic mass is 10.2. The highest BCUT2D eigenvalue weighted by Crippen LogP contribution is 2.05. The lowest BCUT2D eigenvalue weighted by Crippen LogP contribution is -2.44. The zero-order chi connectivity index (χ0) is 9.72. The van der Waals surface area contributed by atoms with Gasteiger partial charge in [-0.15, -0.1) is 0 Å². The van der Waals surface area contributed by atoms with Crippen LogP contribution >= 0.6 is 0 Å². The first-order chi connectivity index (χ1) is 5.50. The molecule has 2 N–H and O–H groups in total. The minimum absolute atomic E-state index is 0.0224. The molecule has 0 rings (SSSR count). The van der Waals surface area contributed by atoms with Gasteiger partial charge in [0.1, 0.15) is 6.04 Å². The number of nitrogens with two attached hydrogens (primary N) is 1. The largest absolute Gasteiger partial charge is 0.347 e. The maximum Gasteiger partial charge on any atom is 0.297 e. The second-order valence-corrected chi connectivity index (χ2v) is 2.04. The third-order valence-corrected chi connectivity index (χ3v) is 1.15. The summed E-state index contributed by atoms with van der Waals surface area (Å²) in [6.07, 6.45) is -5.41. The topological polar surface area (TPSA) is 52.3 Å². The number of alkyl halides is 3. The van der Waals surface area contributed by atoms with Crippen molar-refractivity contribution in [1.29, 1.82) is 0 Å². The second-order valence-electron chi connectivity index (χ2n) is 2.04. The van der Waals surface area contributed by atoms with Crippen molar-refractivity contribution in [3.05, 3.63) is 0 Å². The molecule has 3 nitrogen and oxygen atoms in total. The highest BCUT2D eigenvalue weighted by atomic mass is 19.3. The molecule has 0 radical (unpaired) electrons. The van der Waals surface area contributed by atoms with Crippen molar-refractivity contribution >= 4 is 5.78 Å². The Morgan fingerprint density at radius 2 is 2.00 bits per heavy atom. The van der Waals surface area contributed by atoms with Crippen molar-refractivity contribution in [1.82, 2.24) is 0 Å². The fourth-order valence-corrected chi connectivity index (χ4v) is 0.538. The first kappa shape index (κ1) is 11.4. The van der Waals surface area contributed by atoms with Gasteiger partial charge in [-0.1, -0.05) is 0 Å². The SMILES string of the molecule is CCOC(F)C(N)C(=O)C(F)F. The first-order valence-corrected chi connectivity index (χ1v) is 3.33. The molecule has 0 aromatic heterocycles. The Labute approximate surface area is 67.7 Å². The molecule has 72 valence electrons. The van der Waals surface area contributed by atoms with E-state index in [1.807, 2.05) is 0 Å². The van der Waals surface area contributed by atoms with Crippen LogP contribution in [0.4, 0.5) is 13.2 Å². The van der Waals surface area contributed by atoms with Crippen LogP contribution in [0.15, 0.2) is 0 Å². The number of Topliss-reactive ketones (excluding diaryl/α,β-unsaturated/α-hetero) is 1. The molecular weight excluding hydrogens is 175 g/mol. The van der Waals surface area contributed by atoms with Crippen LogP contribution in [0.1, 0.15) is 6.92 Å². The predicted molar refractivity (Wildman–Crippen MR) is 35.5 cm³/mol. The van der Waals surface area contributed by atoms with Crippen LogP contribution < -0.4 is 5.73 Å². The summed E-state index contributed by atoms with van der Waals surface area (Å²) < 4.78 is 40.0. The molecule has 0 amide bonds. The average Bonchev–Trinajstić information content (AvgIpc) is 2.02. The van der Waals surface area contributed by atoms with Crippen molar-refractivity contribution in [2.45, 2.75) is 25.7 Å². The summed E-state index contributed by atoms with van der Waals surface area (Å²) in [7, 11) is 0. The standard InChI is InChI=1S/C6H10F3NO2/c1-2-12-6(9)3(10)4(11)5(7)8/h3,5-6H,2,10H2,1H3. The molecule has 0 aromatic carbocycles. The summed E-state index contributed by atoms with van der Waals surface area (Å²) in [5.74, 6) is -1.64. The van der Waals surface area contributed by atoms with Crippen LogP contribution in [-0.2, 0) is 9.53 Å². The lowest BCUT2D eigenvalue weighted by molar-refractivity contribution is -0.139. The Balaban J connectivity index is 4.00. The van der Waals surface area contributed by atoms with Gasteiger partial charge in [-0.25, -0.2) is 13.2 Å². The quantitative estimate of drug-likeness (QED) is 0.677. The number of ketones is 1. The van der Waals surface area contributed by atoms with E-state index >= 15 is 0 Å². The highest BCUT2D eigenvalue weighted by molar-refractivity contribution is 5.87. The van der Waals surface area contributed by atoms with E-state index in [4.69, 9.17) is 5.73 Å². The molecule has 0 heterocycles. The average molecular weight is 185 g/mol. The monoisotopic (exact) mass is 185 g/mol. The highest BCUT2D eigenvalue weighted by Gasteiger charge is 2.30. The van der Waals surface area contributed by atoms with Gasteiger partial charge in [0, 0.05) is 6.61 Å². The van der Waals surface area contributed by atoms with Crippen molar-refractivity contribution in [2.75, 3.05) is 6.61 Å². The minimum atomic E-state index is -3.25. The van der Waals surface area contributed by atoms with Gasteiger partial charge in [-0.3, -0.25) is 4.79 Å². The normalized spacial score (nSPS) is 16.2. The zero-order valence-corrected chi connectivity index (χ0v) is 6.47. The van der Waals surface area contributed by atoms with Gasteiger partial charge >= 0.3 is 0 Å². The third-order valence-electron chi connectivity index (χ3n) is 1.15. The van der Waals surface area contributed by atoms with E-state index in [-0.39, 0.29) is 6.61 Å². The Kier molecular flexibility index (Phi) is 4.84. The number of carbonyl (C=O) groups is 1. The van der Waals surface area contributed by atoms with E-state index in [0.717, 1.165) is 0 Å². The molecular formula is C6H10F3NO2. The number of carbonyl (C=O) groups excluding carboxylic acids is 1. The van der Waals surface area contributed by atoms with Crippen molar-refractivity contribution < 1.29 is 22.7 Å². The summed E-state index contributed by atoms with van der Waals surface area (Å²) in [5, 5.41) is 0. The molecule has 2 unspecified atom stereocenters. The summed E-state index contributed by atoms with van der Waals surface area (Å²) in [6.45, 7) is 1.44. The number of ether oxygens (including phenoxy) is 1. The Morgan fingerprint density at radius 1 is 1.50 bits per heavy atom. The van der Waals surface area contributed by atoms with Gasteiger partial charge in [-0.2, -0.15) is 0 Å². The van der Waals surface area contributed by atoms with Crippen molar-refractivity contribution in [3.8, 4) is 0 Å². The fraction of sp³-hybridized carbons (Fsp3) is 0.833. The van der Waals surface area contributed by atoms with Gasteiger partial charge < -0.3 is 10.5 Å². The molecule has 2 atom stereocenters. The molecule has 0 spiro atoms. The predicted octanol–water partition coefficient (Wildman–Crippen LogP) is 0.480. The Hall–Kier alpha value is -0.620. The second kappa shape index (κ2) is 5.10. The molecule has 0 bridgehead atoms. The Bertz CT molecular complexity index is 154. The zero-order valence-electron chi connectivity index (χ0n) is 6.47. The minimum Gasteiger partial charge on any atom is -0.347 e. The molecule has 0 aliphatic rings. The Morgan fingerprint density at radius 3 is 2.33 bits per heavy atom. The summed E-state index contributed by atoms with van der Waals surface area (Å²) >= 11 is 0. The number of hydrogen-bond acceptors (Lipinski definition) is 3. The first-order valence-electron chi connectivity index (χ1n) is 3.33. The molecule has 6 heteroatoms. The number of halogens is 3. The molecule has 12 heavy (non-hydrogen) atoms. The molecule has 0 aliphatic carbocycles. The third kappa shape index (κ3) is 3.19. The van der Waals surface area contributed by atoms with E-state index < -0.39 is 24.6 Å². The van der Waals surface area contributed by atoms with E-state index in [9.17, 15) is 18.0 Å². The van der Waals surface area contributed by atoms with E-state index in [1.54, 1.807) is 0 Å². The maximum atomic E-state index is 12.5. The van der Waals surface area contributed by atoms with Gasteiger partial charge in [0.25, 0.3) is 6.43 Å². The van der Waals surface area contributed by atoms with E-state index in [2.05, 4.69) is 4.74 Å². The summed E-state index contributed by atoms with van der Waals surface area (Å²) in [5.41, 5.74) is 4.82.